The Labute approximate surface area is 122 Å². The highest BCUT2D eigenvalue weighted by atomic mass is 35.5. The zero-order valence-electron chi connectivity index (χ0n) is 11.0. The van der Waals surface area contributed by atoms with Crippen molar-refractivity contribution in [3.05, 3.63) is 34.6 Å². The maximum absolute atomic E-state index is 13.4. The first-order chi connectivity index (χ1) is 9.25. The minimum Gasteiger partial charge on any atom is -0.351 e. The second-order valence-electron chi connectivity index (χ2n) is 4.03. The lowest BCUT2D eigenvalue weighted by Gasteiger charge is -2.12. The topological polar surface area (TPSA) is 78.5 Å². The van der Waals surface area contributed by atoms with Gasteiger partial charge in [0.25, 0.3) is 16.1 Å². The van der Waals surface area contributed by atoms with Gasteiger partial charge in [0.2, 0.25) is 0 Å². The predicted octanol–water partition coefficient (Wildman–Crippen LogP) is 0.605. The van der Waals surface area contributed by atoms with Gasteiger partial charge >= 0.3 is 0 Å². The first-order valence-corrected chi connectivity index (χ1v) is 7.47. The molecule has 0 atom stereocenters. The predicted molar refractivity (Wildman–Crippen MR) is 74.4 cm³/mol. The summed E-state index contributed by atoms with van der Waals surface area (Å²) in [5.41, 5.74) is -0.260. The second kappa shape index (κ2) is 6.98. The highest BCUT2D eigenvalue weighted by Crippen LogP contribution is 2.18. The zero-order chi connectivity index (χ0) is 15.3. The van der Waals surface area contributed by atoms with E-state index in [1.807, 2.05) is 0 Å². The highest BCUT2D eigenvalue weighted by molar-refractivity contribution is 7.87. The Balaban J connectivity index is 2.53. The molecule has 0 unspecified atom stereocenters. The van der Waals surface area contributed by atoms with E-state index in [1.165, 1.54) is 26.2 Å². The van der Waals surface area contributed by atoms with Crippen LogP contribution in [0.1, 0.15) is 10.4 Å². The monoisotopic (exact) mass is 323 g/mol. The van der Waals surface area contributed by atoms with Crippen LogP contribution in [0.5, 0.6) is 0 Å². The molecule has 112 valence electrons. The van der Waals surface area contributed by atoms with Crippen molar-refractivity contribution in [2.75, 3.05) is 27.2 Å². The van der Waals surface area contributed by atoms with Crippen molar-refractivity contribution in [2.45, 2.75) is 0 Å². The average Bonchev–Trinajstić information content (AvgIpc) is 2.34. The van der Waals surface area contributed by atoms with Gasteiger partial charge in [-0.25, -0.2) is 9.11 Å². The molecule has 1 rings (SSSR count). The van der Waals surface area contributed by atoms with Gasteiger partial charge in [0, 0.05) is 27.2 Å². The summed E-state index contributed by atoms with van der Waals surface area (Å²) in [4.78, 5) is 11.7. The van der Waals surface area contributed by atoms with Crippen molar-refractivity contribution < 1.29 is 17.6 Å². The number of hydrogen-bond acceptors (Lipinski definition) is 3. The molecule has 20 heavy (non-hydrogen) atoms. The molecule has 0 spiro atoms. The quantitative estimate of drug-likeness (QED) is 0.753. The van der Waals surface area contributed by atoms with Gasteiger partial charge in [-0.1, -0.05) is 17.7 Å². The maximum atomic E-state index is 13.4. The molecule has 0 saturated carbocycles. The molecule has 1 aromatic rings. The van der Waals surface area contributed by atoms with E-state index < -0.39 is 21.9 Å². The Morgan fingerprint density at radius 3 is 2.55 bits per heavy atom. The highest BCUT2D eigenvalue weighted by Gasteiger charge is 2.16. The summed E-state index contributed by atoms with van der Waals surface area (Å²) in [5, 5.41) is 2.38. The fourth-order valence-electron chi connectivity index (χ4n) is 1.29. The van der Waals surface area contributed by atoms with Crippen LogP contribution in [0, 0.1) is 5.82 Å². The van der Waals surface area contributed by atoms with Crippen LogP contribution in [0.4, 0.5) is 4.39 Å². The molecule has 0 bridgehead atoms. The van der Waals surface area contributed by atoms with Crippen LogP contribution in [-0.2, 0) is 10.2 Å². The van der Waals surface area contributed by atoms with E-state index in [-0.39, 0.29) is 23.7 Å². The number of nitrogens with zero attached hydrogens (tertiary/aromatic N) is 1. The lowest BCUT2D eigenvalue weighted by atomic mass is 10.2. The van der Waals surface area contributed by atoms with E-state index >= 15 is 0 Å². The molecule has 0 saturated heterocycles. The molecular formula is C11H15ClFN3O3S. The third kappa shape index (κ3) is 4.41. The Kier molecular flexibility index (Phi) is 5.88. The van der Waals surface area contributed by atoms with Gasteiger partial charge in [-0.3, -0.25) is 4.79 Å². The minimum absolute atomic E-state index is 0.00336. The molecule has 0 heterocycles. The van der Waals surface area contributed by atoms with Gasteiger partial charge in [-0.15, -0.1) is 0 Å². The largest absolute Gasteiger partial charge is 0.351 e. The van der Waals surface area contributed by atoms with Gasteiger partial charge in [0.05, 0.1) is 10.6 Å². The van der Waals surface area contributed by atoms with Crippen LogP contribution in [0.3, 0.4) is 0 Å². The van der Waals surface area contributed by atoms with Crippen molar-refractivity contribution in [2.24, 2.45) is 0 Å². The normalized spacial score (nSPS) is 11.7. The number of carbonyl (C=O) groups excluding carboxylic acids is 1. The first-order valence-electron chi connectivity index (χ1n) is 5.65. The number of rotatable bonds is 6. The fourth-order valence-corrected chi connectivity index (χ4v) is 2.16. The number of carbonyl (C=O) groups is 1. The number of benzene rings is 1. The van der Waals surface area contributed by atoms with Crippen LogP contribution in [0.2, 0.25) is 5.02 Å². The Morgan fingerprint density at radius 2 is 2.00 bits per heavy atom. The van der Waals surface area contributed by atoms with Crippen LogP contribution in [0.25, 0.3) is 0 Å². The van der Waals surface area contributed by atoms with E-state index in [0.29, 0.717) is 0 Å². The van der Waals surface area contributed by atoms with Crippen LogP contribution in [0.15, 0.2) is 18.2 Å². The second-order valence-corrected chi connectivity index (χ2v) is 6.41. The van der Waals surface area contributed by atoms with Crippen LogP contribution >= 0.6 is 11.6 Å². The summed E-state index contributed by atoms with van der Waals surface area (Å²) in [5.74, 6) is -1.43. The summed E-state index contributed by atoms with van der Waals surface area (Å²) in [6.45, 7) is -0.00507. The lowest BCUT2D eigenvalue weighted by Crippen LogP contribution is -2.40. The molecule has 2 N–H and O–H groups in total. The SMILES string of the molecule is CN(C)S(=O)(=O)NCCNC(=O)c1c(F)cccc1Cl. The number of halogens is 2. The molecule has 9 heteroatoms. The van der Waals surface area contributed by atoms with E-state index in [4.69, 9.17) is 11.6 Å². The number of hydrogen-bond donors (Lipinski definition) is 2. The molecule has 0 fully saturated rings. The molecular weight excluding hydrogens is 309 g/mol. The first kappa shape index (κ1) is 16.8. The van der Waals surface area contributed by atoms with E-state index in [1.54, 1.807) is 0 Å². The molecule has 0 aliphatic heterocycles. The summed E-state index contributed by atoms with van der Waals surface area (Å²) in [6, 6.07) is 3.91. The standard InChI is InChI=1S/C11H15ClFN3O3S/c1-16(2)20(18,19)15-7-6-14-11(17)10-8(12)4-3-5-9(10)13/h3-5,15H,6-7H2,1-2H3,(H,14,17). The van der Waals surface area contributed by atoms with E-state index in [2.05, 4.69) is 10.0 Å². The molecule has 0 aromatic heterocycles. The molecule has 6 nitrogen and oxygen atoms in total. The molecule has 0 aliphatic rings. The van der Waals surface area contributed by atoms with Gasteiger partial charge in [0.15, 0.2) is 0 Å². The van der Waals surface area contributed by atoms with Crippen molar-refractivity contribution in [3.63, 3.8) is 0 Å². The molecule has 1 aromatic carbocycles. The lowest BCUT2D eigenvalue weighted by molar-refractivity contribution is 0.0950. The summed E-state index contributed by atoms with van der Waals surface area (Å²) >= 11 is 5.73. The molecule has 0 radical (unpaired) electrons. The minimum atomic E-state index is -3.55. The van der Waals surface area contributed by atoms with Crippen LogP contribution < -0.4 is 10.0 Å². The smallest absolute Gasteiger partial charge is 0.278 e. The van der Waals surface area contributed by atoms with E-state index in [0.717, 1.165) is 10.4 Å². The fraction of sp³-hybridized carbons (Fsp3) is 0.364. The summed E-state index contributed by atoms with van der Waals surface area (Å²) in [7, 11) is -0.795. The summed E-state index contributed by atoms with van der Waals surface area (Å²) < 4.78 is 39.4. The van der Waals surface area contributed by atoms with E-state index in [9.17, 15) is 17.6 Å². The average molecular weight is 324 g/mol. The van der Waals surface area contributed by atoms with Crippen molar-refractivity contribution in [1.82, 2.24) is 14.3 Å². The third-order valence-electron chi connectivity index (χ3n) is 2.37. The van der Waals surface area contributed by atoms with Crippen molar-refractivity contribution in [3.8, 4) is 0 Å². The Hall–Kier alpha value is -1.22. The Bertz CT molecular complexity index is 572. The van der Waals surface area contributed by atoms with Gasteiger partial charge in [-0.2, -0.15) is 12.7 Å². The van der Waals surface area contributed by atoms with Crippen molar-refractivity contribution in [1.29, 1.82) is 0 Å². The van der Waals surface area contributed by atoms with Crippen molar-refractivity contribution >= 4 is 27.7 Å². The zero-order valence-corrected chi connectivity index (χ0v) is 12.6. The third-order valence-corrected chi connectivity index (χ3v) is 4.21. The number of nitrogens with one attached hydrogen (secondary N) is 2. The van der Waals surface area contributed by atoms with Crippen LogP contribution in [-0.4, -0.2) is 45.8 Å². The van der Waals surface area contributed by atoms with Gasteiger partial charge in [0.1, 0.15) is 5.82 Å². The van der Waals surface area contributed by atoms with Gasteiger partial charge < -0.3 is 5.32 Å². The maximum Gasteiger partial charge on any atom is 0.278 e. The number of amides is 1. The molecule has 0 aliphatic carbocycles. The Morgan fingerprint density at radius 1 is 1.35 bits per heavy atom. The molecule has 1 amide bonds. The summed E-state index contributed by atoms with van der Waals surface area (Å²) in [6.07, 6.45) is 0. The van der Waals surface area contributed by atoms with Gasteiger partial charge in [-0.05, 0) is 12.1 Å².